The van der Waals surface area contributed by atoms with Crippen molar-refractivity contribution in [3.05, 3.63) is 17.8 Å². The number of carboxylic acids is 1. The maximum absolute atomic E-state index is 11.1. The number of aromatic carboxylic acids is 1. The van der Waals surface area contributed by atoms with Gasteiger partial charge in [0.1, 0.15) is 11.4 Å². The summed E-state index contributed by atoms with van der Waals surface area (Å²) in [6, 6.07) is 1.71. The number of aromatic nitrogens is 1. The van der Waals surface area contributed by atoms with Crippen molar-refractivity contribution in [3.63, 3.8) is 0 Å². The first-order chi connectivity index (χ1) is 8.56. The van der Waals surface area contributed by atoms with Crippen LogP contribution in [0.2, 0.25) is 0 Å². The van der Waals surface area contributed by atoms with Crippen LogP contribution in [0, 0.1) is 0 Å². The van der Waals surface area contributed by atoms with Crippen LogP contribution in [-0.2, 0) is 0 Å². The number of nitrogens with one attached hydrogen (secondary N) is 1. The SMILES string of the molecule is CN1CCC(Nc2ncc(N)cc2C(=O)O)CC1. The number of nitrogens with zero attached hydrogens (tertiary/aromatic N) is 2. The number of carbonyl (C=O) groups is 1. The van der Waals surface area contributed by atoms with E-state index in [2.05, 4.69) is 22.2 Å². The van der Waals surface area contributed by atoms with Gasteiger partial charge in [-0.25, -0.2) is 9.78 Å². The zero-order valence-electron chi connectivity index (χ0n) is 10.4. The van der Waals surface area contributed by atoms with Gasteiger partial charge in [0.2, 0.25) is 0 Å². The Bertz CT molecular complexity index is 442. The van der Waals surface area contributed by atoms with Crippen LogP contribution < -0.4 is 11.1 Å². The zero-order valence-corrected chi connectivity index (χ0v) is 10.4. The molecule has 1 aromatic heterocycles. The van der Waals surface area contributed by atoms with E-state index in [4.69, 9.17) is 10.8 Å². The van der Waals surface area contributed by atoms with E-state index in [1.165, 1.54) is 12.3 Å². The second-order valence-electron chi connectivity index (χ2n) is 4.69. The number of likely N-dealkylation sites (tertiary alicyclic amines) is 1. The Balaban J connectivity index is 2.11. The molecule has 0 amide bonds. The topological polar surface area (TPSA) is 91.5 Å². The normalized spacial score (nSPS) is 17.6. The van der Waals surface area contributed by atoms with Crippen LogP contribution in [0.5, 0.6) is 0 Å². The second kappa shape index (κ2) is 5.22. The highest BCUT2D eigenvalue weighted by atomic mass is 16.4. The molecule has 1 aliphatic rings. The molecule has 98 valence electrons. The lowest BCUT2D eigenvalue weighted by molar-refractivity contribution is 0.0697. The van der Waals surface area contributed by atoms with Gasteiger partial charge in [-0.05, 0) is 39.0 Å². The van der Waals surface area contributed by atoms with Gasteiger partial charge in [0.15, 0.2) is 0 Å². The predicted molar refractivity (Wildman–Crippen MR) is 69.8 cm³/mol. The van der Waals surface area contributed by atoms with Gasteiger partial charge in [0, 0.05) is 6.04 Å². The number of pyridine rings is 1. The third kappa shape index (κ3) is 2.89. The molecule has 1 aliphatic heterocycles. The molecule has 0 spiro atoms. The van der Waals surface area contributed by atoms with Crippen LogP contribution in [0.15, 0.2) is 12.3 Å². The maximum atomic E-state index is 11.1. The van der Waals surface area contributed by atoms with Crippen molar-refractivity contribution in [3.8, 4) is 0 Å². The number of rotatable bonds is 3. The van der Waals surface area contributed by atoms with Crippen LogP contribution in [0.25, 0.3) is 0 Å². The monoisotopic (exact) mass is 250 g/mol. The standard InChI is InChI=1S/C12H18N4O2/c1-16-4-2-9(3-5-16)15-11-10(12(17)18)6-8(13)7-14-11/h6-7,9H,2-5,13H2,1H3,(H,14,15)(H,17,18). The molecule has 0 atom stereocenters. The second-order valence-corrected chi connectivity index (χ2v) is 4.69. The fraction of sp³-hybridized carbons (Fsp3) is 0.500. The van der Waals surface area contributed by atoms with Gasteiger partial charge in [0.05, 0.1) is 11.9 Å². The summed E-state index contributed by atoms with van der Waals surface area (Å²) in [5.74, 6) is -0.600. The molecule has 2 rings (SSSR count). The molecular weight excluding hydrogens is 232 g/mol. The van der Waals surface area contributed by atoms with Crippen molar-refractivity contribution in [2.45, 2.75) is 18.9 Å². The highest BCUT2D eigenvalue weighted by Crippen LogP contribution is 2.19. The van der Waals surface area contributed by atoms with Crippen molar-refractivity contribution in [2.75, 3.05) is 31.2 Å². The van der Waals surface area contributed by atoms with Crippen molar-refractivity contribution < 1.29 is 9.90 Å². The Morgan fingerprint density at radius 2 is 2.22 bits per heavy atom. The van der Waals surface area contributed by atoms with Crippen LogP contribution in [-0.4, -0.2) is 47.1 Å². The lowest BCUT2D eigenvalue weighted by Crippen LogP contribution is -2.37. The van der Waals surface area contributed by atoms with Crippen molar-refractivity contribution >= 4 is 17.5 Å². The van der Waals surface area contributed by atoms with E-state index in [-0.39, 0.29) is 11.6 Å². The van der Waals surface area contributed by atoms with E-state index in [0.29, 0.717) is 11.5 Å². The lowest BCUT2D eigenvalue weighted by Gasteiger charge is -2.30. The minimum atomic E-state index is -1.01. The Labute approximate surface area is 106 Å². The molecule has 6 heteroatoms. The van der Waals surface area contributed by atoms with E-state index in [1.807, 2.05) is 0 Å². The molecule has 0 aliphatic carbocycles. The van der Waals surface area contributed by atoms with Crippen molar-refractivity contribution in [1.29, 1.82) is 0 Å². The van der Waals surface area contributed by atoms with Crippen LogP contribution in [0.4, 0.5) is 11.5 Å². The number of hydrogen-bond acceptors (Lipinski definition) is 5. The first-order valence-electron chi connectivity index (χ1n) is 6.00. The Morgan fingerprint density at radius 3 is 2.83 bits per heavy atom. The first kappa shape index (κ1) is 12.6. The Hall–Kier alpha value is -1.82. The highest BCUT2D eigenvalue weighted by molar-refractivity contribution is 5.94. The summed E-state index contributed by atoms with van der Waals surface area (Å²) in [7, 11) is 2.08. The number of nitrogens with two attached hydrogens (primary N) is 1. The lowest BCUT2D eigenvalue weighted by atomic mass is 10.1. The van der Waals surface area contributed by atoms with E-state index in [9.17, 15) is 4.79 Å². The Morgan fingerprint density at radius 1 is 1.56 bits per heavy atom. The molecule has 6 nitrogen and oxygen atoms in total. The molecule has 2 heterocycles. The number of carboxylic acid groups (broad SMARTS) is 1. The summed E-state index contributed by atoms with van der Waals surface area (Å²) in [6.07, 6.45) is 3.45. The molecule has 4 N–H and O–H groups in total. The summed E-state index contributed by atoms with van der Waals surface area (Å²) in [4.78, 5) is 17.5. The van der Waals surface area contributed by atoms with Crippen molar-refractivity contribution in [1.82, 2.24) is 9.88 Å². The molecule has 1 fully saturated rings. The van der Waals surface area contributed by atoms with Crippen LogP contribution in [0.3, 0.4) is 0 Å². The molecule has 1 saturated heterocycles. The largest absolute Gasteiger partial charge is 0.478 e. The van der Waals surface area contributed by atoms with E-state index in [0.717, 1.165) is 25.9 Å². The van der Waals surface area contributed by atoms with Gasteiger partial charge in [-0.3, -0.25) is 0 Å². The summed E-state index contributed by atoms with van der Waals surface area (Å²) >= 11 is 0. The molecular formula is C12H18N4O2. The van der Waals surface area contributed by atoms with Crippen molar-refractivity contribution in [2.24, 2.45) is 0 Å². The number of piperidine rings is 1. The number of nitrogen functional groups attached to an aromatic ring is 1. The molecule has 18 heavy (non-hydrogen) atoms. The fourth-order valence-corrected chi connectivity index (χ4v) is 2.11. The summed E-state index contributed by atoms with van der Waals surface area (Å²) < 4.78 is 0. The quantitative estimate of drug-likeness (QED) is 0.737. The third-order valence-electron chi connectivity index (χ3n) is 3.20. The van der Waals surface area contributed by atoms with Gasteiger partial charge in [0.25, 0.3) is 0 Å². The van der Waals surface area contributed by atoms with E-state index >= 15 is 0 Å². The summed E-state index contributed by atoms with van der Waals surface area (Å²) in [6.45, 7) is 2.02. The van der Waals surface area contributed by atoms with Gasteiger partial charge in [-0.2, -0.15) is 0 Å². The highest BCUT2D eigenvalue weighted by Gasteiger charge is 2.19. The summed E-state index contributed by atoms with van der Waals surface area (Å²) in [5.41, 5.74) is 6.05. The molecule has 0 bridgehead atoms. The van der Waals surface area contributed by atoms with Crippen LogP contribution in [0.1, 0.15) is 23.2 Å². The van der Waals surface area contributed by atoms with E-state index in [1.54, 1.807) is 0 Å². The smallest absolute Gasteiger partial charge is 0.339 e. The van der Waals surface area contributed by atoms with Gasteiger partial charge in [-0.15, -0.1) is 0 Å². The predicted octanol–water partition coefficient (Wildman–Crippen LogP) is 0.868. The number of hydrogen-bond donors (Lipinski definition) is 3. The maximum Gasteiger partial charge on any atom is 0.339 e. The number of anilines is 2. The minimum Gasteiger partial charge on any atom is -0.478 e. The molecule has 0 radical (unpaired) electrons. The average Bonchev–Trinajstić information content (AvgIpc) is 2.34. The Kier molecular flexibility index (Phi) is 3.66. The third-order valence-corrected chi connectivity index (χ3v) is 3.20. The zero-order chi connectivity index (χ0) is 13.1. The van der Waals surface area contributed by atoms with Gasteiger partial charge in [-0.1, -0.05) is 0 Å². The van der Waals surface area contributed by atoms with E-state index < -0.39 is 5.97 Å². The molecule has 0 unspecified atom stereocenters. The van der Waals surface area contributed by atoms with Crippen LogP contribution >= 0.6 is 0 Å². The summed E-state index contributed by atoms with van der Waals surface area (Å²) in [5, 5.41) is 12.3. The van der Waals surface area contributed by atoms with Gasteiger partial charge >= 0.3 is 5.97 Å². The fourth-order valence-electron chi connectivity index (χ4n) is 2.11. The van der Waals surface area contributed by atoms with Gasteiger partial charge < -0.3 is 21.1 Å². The molecule has 1 aromatic rings. The molecule has 0 aromatic carbocycles. The minimum absolute atomic E-state index is 0.133. The molecule has 0 saturated carbocycles. The first-order valence-corrected chi connectivity index (χ1v) is 6.00. The average molecular weight is 250 g/mol.